The zero-order valence-electron chi connectivity index (χ0n) is 28.2. The molecule has 8 atom stereocenters. The summed E-state index contributed by atoms with van der Waals surface area (Å²) in [6, 6.07) is 1.39. The average molecular weight is 547 g/mol. The molecule has 2 fully saturated rings. The van der Waals surface area contributed by atoms with Crippen LogP contribution >= 0.6 is 0 Å². The molecule has 2 rings (SSSR count). The lowest BCUT2D eigenvalue weighted by molar-refractivity contribution is 0.0727. The summed E-state index contributed by atoms with van der Waals surface area (Å²) >= 11 is 0. The van der Waals surface area contributed by atoms with Gasteiger partial charge in [-0.3, -0.25) is 0 Å². The van der Waals surface area contributed by atoms with E-state index in [1.165, 1.54) is 116 Å². The summed E-state index contributed by atoms with van der Waals surface area (Å²) in [4.78, 5) is 0. The summed E-state index contributed by atoms with van der Waals surface area (Å²) in [5.74, 6) is 6.81. The molecule has 0 aromatic heterocycles. The molecule has 2 nitrogen and oxygen atoms in total. The molecule has 2 heteroatoms. The molecular formula is C37H74N2. The number of nitrogens with one attached hydrogen (secondary N) is 2. The van der Waals surface area contributed by atoms with E-state index < -0.39 is 0 Å². The van der Waals surface area contributed by atoms with E-state index in [0.29, 0.717) is 12.1 Å². The van der Waals surface area contributed by atoms with Crippen LogP contribution in [0.25, 0.3) is 0 Å². The van der Waals surface area contributed by atoms with Crippen molar-refractivity contribution >= 4 is 0 Å². The van der Waals surface area contributed by atoms with Crippen LogP contribution in [-0.4, -0.2) is 18.8 Å². The smallest absolute Gasteiger partial charge is 0.0458 e. The number of hydrogen-bond donors (Lipinski definition) is 2. The van der Waals surface area contributed by atoms with E-state index in [0.717, 1.165) is 54.0 Å². The fourth-order valence-corrected chi connectivity index (χ4v) is 8.95. The number of rotatable bonds is 20. The van der Waals surface area contributed by atoms with Gasteiger partial charge in [0, 0.05) is 18.8 Å². The van der Waals surface area contributed by atoms with Crippen LogP contribution in [-0.2, 0) is 0 Å². The number of unbranched alkanes of at least 4 members (excludes halogenated alkanes) is 4. The zero-order chi connectivity index (χ0) is 28.6. The van der Waals surface area contributed by atoms with E-state index in [9.17, 15) is 0 Å². The Balaban J connectivity index is 2.18. The number of hydrogen-bond acceptors (Lipinski definition) is 2. The van der Waals surface area contributed by atoms with Gasteiger partial charge in [-0.2, -0.15) is 0 Å². The van der Waals surface area contributed by atoms with Crippen molar-refractivity contribution < 1.29 is 0 Å². The first kappa shape index (κ1) is 35.1. The van der Waals surface area contributed by atoms with Gasteiger partial charge in [0.2, 0.25) is 0 Å². The topological polar surface area (TPSA) is 24.1 Å². The molecule has 0 radical (unpaired) electrons. The van der Waals surface area contributed by atoms with Crippen molar-refractivity contribution in [1.82, 2.24) is 10.6 Å². The van der Waals surface area contributed by atoms with Crippen LogP contribution in [0.3, 0.4) is 0 Å². The molecule has 2 saturated carbocycles. The van der Waals surface area contributed by atoms with E-state index in [-0.39, 0.29) is 0 Å². The van der Waals surface area contributed by atoms with Gasteiger partial charge in [0.25, 0.3) is 0 Å². The first-order chi connectivity index (χ1) is 18.9. The third-order valence-electron chi connectivity index (χ3n) is 11.6. The fourth-order valence-electron chi connectivity index (χ4n) is 8.95. The van der Waals surface area contributed by atoms with Crippen LogP contribution in [0.2, 0.25) is 0 Å². The molecule has 2 N–H and O–H groups in total. The summed E-state index contributed by atoms with van der Waals surface area (Å²) in [6.45, 7) is 20.8. The third-order valence-corrected chi connectivity index (χ3v) is 11.6. The maximum atomic E-state index is 4.28. The van der Waals surface area contributed by atoms with E-state index in [2.05, 4.69) is 66.0 Å². The first-order valence-corrected chi connectivity index (χ1v) is 18.4. The van der Waals surface area contributed by atoms with E-state index in [1.807, 2.05) is 0 Å². The van der Waals surface area contributed by atoms with Gasteiger partial charge in [0.05, 0.1) is 0 Å². The lowest BCUT2D eigenvalue weighted by atomic mass is 9.66. The Labute approximate surface area is 247 Å². The Kier molecular flexibility index (Phi) is 18.0. The highest BCUT2D eigenvalue weighted by Crippen LogP contribution is 2.42. The summed E-state index contributed by atoms with van der Waals surface area (Å²) in [6.07, 6.45) is 25.3. The molecule has 39 heavy (non-hydrogen) atoms. The van der Waals surface area contributed by atoms with Crippen LogP contribution in [0, 0.1) is 47.3 Å². The first-order valence-electron chi connectivity index (χ1n) is 18.4. The highest BCUT2D eigenvalue weighted by Gasteiger charge is 2.40. The van der Waals surface area contributed by atoms with Crippen molar-refractivity contribution in [3.63, 3.8) is 0 Å². The van der Waals surface area contributed by atoms with E-state index in [4.69, 9.17) is 0 Å². The predicted molar refractivity (Wildman–Crippen MR) is 175 cm³/mol. The minimum Gasteiger partial charge on any atom is -0.301 e. The van der Waals surface area contributed by atoms with Gasteiger partial charge in [-0.05, 0) is 73.0 Å². The van der Waals surface area contributed by atoms with Gasteiger partial charge in [-0.25, -0.2) is 0 Å². The second kappa shape index (κ2) is 19.9. The van der Waals surface area contributed by atoms with Crippen molar-refractivity contribution in [2.75, 3.05) is 6.67 Å². The van der Waals surface area contributed by atoms with Crippen LogP contribution < -0.4 is 10.6 Å². The van der Waals surface area contributed by atoms with Crippen LogP contribution in [0.4, 0.5) is 0 Å². The normalized spacial score (nSPS) is 31.1. The van der Waals surface area contributed by atoms with E-state index >= 15 is 0 Å². The van der Waals surface area contributed by atoms with Gasteiger partial charge in [0.15, 0.2) is 0 Å². The predicted octanol–water partition coefficient (Wildman–Crippen LogP) is 11.0. The molecule has 0 amide bonds. The Hall–Kier alpha value is -0.0800. The highest BCUT2D eigenvalue weighted by atomic mass is 15.1. The molecule has 2 aliphatic carbocycles. The van der Waals surface area contributed by atoms with Crippen LogP contribution in [0.5, 0.6) is 0 Å². The molecule has 0 heterocycles. The van der Waals surface area contributed by atoms with Gasteiger partial charge in [-0.15, -0.1) is 0 Å². The molecular weight excluding hydrogens is 472 g/mol. The lowest BCUT2D eigenvalue weighted by Gasteiger charge is -2.47. The Bertz CT molecular complexity index is 496. The van der Waals surface area contributed by atoms with Crippen LogP contribution in [0.1, 0.15) is 171 Å². The third kappa shape index (κ3) is 11.3. The molecule has 232 valence electrons. The lowest BCUT2D eigenvalue weighted by Crippen LogP contribution is -2.56. The minimum absolute atomic E-state index is 0.695. The Morgan fingerprint density at radius 1 is 0.462 bits per heavy atom. The standard InChI is InChI=1S/C37H74N2/c1-9-13-19-28(5)32-23-17-24-33(29(6)20-14-10-2)36(32)38-27-39-37-34(30(7)21-15-11-3)25-18-26-35(37)31(8)22-16-12-4/h28-39H,9-27H2,1-8H3. The van der Waals surface area contributed by atoms with Crippen LogP contribution in [0.15, 0.2) is 0 Å². The van der Waals surface area contributed by atoms with Crippen molar-refractivity contribution in [3.05, 3.63) is 0 Å². The summed E-state index contributed by atoms with van der Waals surface area (Å²) < 4.78 is 0. The molecule has 2 aliphatic rings. The molecule has 0 spiro atoms. The largest absolute Gasteiger partial charge is 0.301 e. The molecule has 0 aromatic carbocycles. The van der Waals surface area contributed by atoms with Crippen molar-refractivity contribution in [2.24, 2.45) is 47.3 Å². The molecule has 8 unspecified atom stereocenters. The second-order valence-electron chi connectivity index (χ2n) is 14.6. The Morgan fingerprint density at radius 2 is 0.718 bits per heavy atom. The maximum Gasteiger partial charge on any atom is 0.0458 e. The second-order valence-corrected chi connectivity index (χ2v) is 14.6. The molecule has 0 aliphatic heterocycles. The van der Waals surface area contributed by atoms with Crippen molar-refractivity contribution in [3.8, 4) is 0 Å². The zero-order valence-corrected chi connectivity index (χ0v) is 28.2. The SMILES string of the molecule is CCCCC(C)C1CCCC(C(C)CCCC)C1NCNC1C(C(C)CCCC)CCCC1C(C)CCCC. The van der Waals surface area contributed by atoms with Gasteiger partial charge in [-0.1, -0.05) is 145 Å². The van der Waals surface area contributed by atoms with Crippen molar-refractivity contribution in [1.29, 1.82) is 0 Å². The molecule has 0 bridgehead atoms. The highest BCUT2D eigenvalue weighted by molar-refractivity contribution is 4.94. The van der Waals surface area contributed by atoms with E-state index in [1.54, 1.807) is 0 Å². The quantitative estimate of drug-likeness (QED) is 0.148. The average Bonchev–Trinajstić information content (AvgIpc) is 2.95. The fraction of sp³-hybridized carbons (Fsp3) is 1.00. The van der Waals surface area contributed by atoms with Crippen molar-refractivity contribution in [2.45, 2.75) is 183 Å². The minimum atomic E-state index is 0.695. The summed E-state index contributed by atoms with van der Waals surface area (Å²) in [7, 11) is 0. The molecule has 0 saturated heterocycles. The molecule has 0 aromatic rings. The van der Waals surface area contributed by atoms with Gasteiger partial charge in [0.1, 0.15) is 0 Å². The Morgan fingerprint density at radius 3 is 0.949 bits per heavy atom. The van der Waals surface area contributed by atoms with Gasteiger partial charge < -0.3 is 10.6 Å². The summed E-state index contributed by atoms with van der Waals surface area (Å²) in [5, 5.41) is 8.56. The summed E-state index contributed by atoms with van der Waals surface area (Å²) in [5.41, 5.74) is 0. The maximum absolute atomic E-state index is 4.28. The van der Waals surface area contributed by atoms with Gasteiger partial charge >= 0.3 is 0 Å². The monoisotopic (exact) mass is 547 g/mol.